The molecule has 0 aliphatic heterocycles. The van der Waals surface area contributed by atoms with Crippen LogP contribution in [0.3, 0.4) is 0 Å². The molecule has 3 rings (SSSR count). The first-order valence-corrected chi connectivity index (χ1v) is 11.6. The summed E-state index contributed by atoms with van der Waals surface area (Å²) in [6, 6.07) is 7.81. The van der Waals surface area contributed by atoms with E-state index in [9.17, 15) is 4.79 Å². The second kappa shape index (κ2) is 10.3. The molecule has 2 aliphatic rings. The zero-order valence-electron chi connectivity index (χ0n) is 17.9. The van der Waals surface area contributed by atoms with Gasteiger partial charge < -0.3 is 9.47 Å². The molecular weight excluding hydrogens is 348 g/mol. The number of carbonyl (C=O) groups excluding carboxylic acids is 1. The summed E-state index contributed by atoms with van der Waals surface area (Å²) in [5.74, 6) is 2.31. The van der Waals surface area contributed by atoms with Gasteiger partial charge in [0.1, 0.15) is 11.4 Å². The minimum atomic E-state index is -0.534. The Labute approximate surface area is 171 Å². The lowest BCUT2D eigenvalue weighted by atomic mass is 9.68. The number of hydrogen-bond donors (Lipinski definition) is 0. The monoisotopic (exact) mass is 386 g/mol. The minimum absolute atomic E-state index is 0.320. The molecule has 2 aliphatic carbocycles. The molecule has 156 valence electrons. The van der Waals surface area contributed by atoms with Gasteiger partial charge in [-0.05, 0) is 68.1 Å². The van der Waals surface area contributed by atoms with E-state index in [0.717, 1.165) is 50.4 Å². The van der Waals surface area contributed by atoms with Gasteiger partial charge in [-0.1, -0.05) is 70.9 Å². The SMILES string of the molecule is CCCc1ccc(OC(=O)O[C@]2(CCC)CC[C@H](C3CCCCC3)CC2)cc1. The average Bonchev–Trinajstić information content (AvgIpc) is 2.71. The Balaban J connectivity index is 1.54. The molecule has 0 spiro atoms. The van der Waals surface area contributed by atoms with Gasteiger partial charge in [-0.3, -0.25) is 0 Å². The number of ether oxygens (including phenoxy) is 2. The second-order valence-electron chi connectivity index (χ2n) is 9.02. The second-order valence-corrected chi connectivity index (χ2v) is 9.02. The van der Waals surface area contributed by atoms with Crippen LogP contribution in [0.25, 0.3) is 0 Å². The van der Waals surface area contributed by atoms with E-state index in [0.29, 0.717) is 5.75 Å². The van der Waals surface area contributed by atoms with Crippen molar-refractivity contribution in [2.45, 2.75) is 103 Å². The Bertz CT molecular complexity index is 593. The zero-order valence-corrected chi connectivity index (χ0v) is 17.9. The summed E-state index contributed by atoms with van der Waals surface area (Å²) < 4.78 is 11.5. The van der Waals surface area contributed by atoms with Crippen LogP contribution >= 0.6 is 0 Å². The van der Waals surface area contributed by atoms with Gasteiger partial charge in [-0.25, -0.2) is 4.79 Å². The normalized spacial score (nSPS) is 26.0. The van der Waals surface area contributed by atoms with Crippen LogP contribution in [-0.2, 0) is 11.2 Å². The van der Waals surface area contributed by atoms with E-state index in [4.69, 9.17) is 9.47 Å². The molecule has 0 saturated heterocycles. The van der Waals surface area contributed by atoms with Crippen molar-refractivity contribution in [3.63, 3.8) is 0 Å². The number of benzene rings is 1. The van der Waals surface area contributed by atoms with Gasteiger partial charge in [-0.2, -0.15) is 0 Å². The van der Waals surface area contributed by atoms with Gasteiger partial charge in [-0.15, -0.1) is 0 Å². The largest absolute Gasteiger partial charge is 0.514 e. The van der Waals surface area contributed by atoms with Crippen molar-refractivity contribution in [3.8, 4) is 5.75 Å². The standard InChI is InChI=1S/C25H38O3/c1-3-8-20-11-13-23(14-12-20)27-24(26)28-25(17-4-2)18-15-22(16-19-25)21-9-6-5-7-10-21/h11-14,21-22H,3-10,15-19H2,1-2H3/t22-,25+. The molecule has 28 heavy (non-hydrogen) atoms. The van der Waals surface area contributed by atoms with Gasteiger partial charge >= 0.3 is 6.16 Å². The Kier molecular flexibility index (Phi) is 7.82. The fourth-order valence-electron chi connectivity index (χ4n) is 5.41. The molecular formula is C25H38O3. The van der Waals surface area contributed by atoms with Crippen LogP contribution in [0.2, 0.25) is 0 Å². The smallest absolute Gasteiger partial charge is 0.427 e. The number of carbonyl (C=O) groups is 1. The molecule has 0 heterocycles. The van der Waals surface area contributed by atoms with Gasteiger partial charge in [0.2, 0.25) is 0 Å². The average molecular weight is 387 g/mol. The van der Waals surface area contributed by atoms with Crippen LogP contribution in [0.1, 0.15) is 96.5 Å². The van der Waals surface area contributed by atoms with E-state index in [1.807, 2.05) is 24.3 Å². The molecule has 0 amide bonds. The maximum atomic E-state index is 12.5. The number of hydrogen-bond acceptors (Lipinski definition) is 3. The molecule has 2 saturated carbocycles. The van der Waals surface area contributed by atoms with Gasteiger partial charge in [0.05, 0.1) is 0 Å². The summed E-state index contributed by atoms with van der Waals surface area (Å²) in [4.78, 5) is 12.5. The van der Waals surface area contributed by atoms with Gasteiger partial charge in [0.25, 0.3) is 0 Å². The highest BCUT2D eigenvalue weighted by Gasteiger charge is 2.40. The first-order valence-electron chi connectivity index (χ1n) is 11.6. The van der Waals surface area contributed by atoms with Crippen molar-refractivity contribution < 1.29 is 14.3 Å². The Morgan fingerprint density at radius 1 is 0.929 bits per heavy atom. The van der Waals surface area contributed by atoms with Crippen LogP contribution in [0.15, 0.2) is 24.3 Å². The fourth-order valence-corrected chi connectivity index (χ4v) is 5.41. The third-order valence-electron chi connectivity index (χ3n) is 6.93. The van der Waals surface area contributed by atoms with Crippen molar-refractivity contribution in [2.24, 2.45) is 11.8 Å². The van der Waals surface area contributed by atoms with E-state index in [2.05, 4.69) is 13.8 Å². The highest BCUT2D eigenvalue weighted by atomic mass is 16.7. The van der Waals surface area contributed by atoms with E-state index < -0.39 is 6.16 Å². The van der Waals surface area contributed by atoms with E-state index in [1.165, 1.54) is 50.5 Å². The molecule has 0 unspecified atom stereocenters. The maximum absolute atomic E-state index is 12.5. The summed E-state index contributed by atoms with van der Waals surface area (Å²) in [6.45, 7) is 4.34. The van der Waals surface area contributed by atoms with E-state index in [-0.39, 0.29) is 5.60 Å². The molecule has 1 aromatic carbocycles. The van der Waals surface area contributed by atoms with Crippen LogP contribution in [0, 0.1) is 11.8 Å². The molecule has 0 bridgehead atoms. The predicted octanol–water partition coefficient (Wildman–Crippen LogP) is 7.46. The van der Waals surface area contributed by atoms with E-state index >= 15 is 0 Å². The first-order chi connectivity index (χ1) is 13.6. The van der Waals surface area contributed by atoms with Gasteiger partial charge in [0.15, 0.2) is 0 Å². The number of rotatable bonds is 7. The molecule has 3 nitrogen and oxygen atoms in total. The Morgan fingerprint density at radius 3 is 2.18 bits per heavy atom. The first kappa shape index (κ1) is 21.2. The summed E-state index contributed by atoms with van der Waals surface area (Å²) in [5, 5.41) is 0. The minimum Gasteiger partial charge on any atom is -0.427 e. The van der Waals surface area contributed by atoms with Crippen LogP contribution in [0.4, 0.5) is 4.79 Å². The lowest BCUT2D eigenvalue weighted by Crippen LogP contribution is -2.41. The predicted molar refractivity (Wildman–Crippen MR) is 114 cm³/mol. The van der Waals surface area contributed by atoms with Gasteiger partial charge in [0, 0.05) is 0 Å². The fraction of sp³-hybridized carbons (Fsp3) is 0.720. The van der Waals surface area contributed by atoms with Crippen molar-refractivity contribution in [2.75, 3.05) is 0 Å². The summed E-state index contributed by atoms with van der Waals surface area (Å²) in [5.41, 5.74) is 0.950. The van der Waals surface area contributed by atoms with Crippen molar-refractivity contribution >= 4 is 6.16 Å². The summed E-state index contributed by atoms with van der Waals surface area (Å²) in [7, 11) is 0. The summed E-state index contributed by atoms with van der Waals surface area (Å²) in [6.07, 6.45) is 15.0. The molecule has 0 N–H and O–H groups in total. The Morgan fingerprint density at radius 2 is 1.57 bits per heavy atom. The molecule has 1 aromatic rings. The van der Waals surface area contributed by atoms with Crippen LogP contribution < -0.4 is 4.74 Å². The molecule has 3 heteroatoms. The molecule has 0 atom stereocenters. The molecule has 2 fully saturated rings. The molecule has 0 radical (unpaired) electrons. The zero-order chi connectivity index (χ0) is 19.8. The third-order valence-corrected chi connectivity index (χ3v) is 6.93. The lowest BCUT2D eigenvalue weighted by Gasteiger charge is -2.42. The highest BCUT2D eigenvalue weighted by Crippen LogP contribution is 2.44. The lowest BCUT2D eigenvalue weighted by molar-refractivity contribution is -0.0575. The van der Waals surface area contributed by atoms with E-state index in [1.54, 1.807) is 0 Å². The number of aryl methyl sites for hydroxylation is 1. The maximum Gasteiger partial charge on any atom is 0.514 e. The quantitative estimate of drug-likeness (QED) is 0.360. The van der Waals surface area contributed by atoms with Crippen molar-refractivity contribution in [1.29, 1.82) is 0 Å². The van der Waals surface area contributed by atoms with Crippen LogP contribution in [0.5, 0.6) is 5.75 Å². The molecule has 0 aromatic heterocycles. The Hall–Kier alpha value is -1.51. The van der Waals surface area contributed by atoms with Crippen molar-refractivity contribution in [1.82, 2.24) is 0 Å². The van der Waals surface area contributed by atoms with Crippen LogP contribution in [-0.4, -0.2) is 11.8 Å². The topological polar surface area (TPSA) is 35.5 Å². The highest BCUT2D eigenvalue weighted by molar-refractivity contribution is 5.64. The summed E-state index contributed by atoms with van der Waals surface area (Å²) >= 11 is 0. The third kappa shape index (κ3) is 5.75. The van der Waals surface area contributed by atoms with Crippen molar-refractivity contribution in [3.05, 3.63) is 29.8 Å².